The fourth-order valence-electron chi connectivity index (χ4n) is 2.65. The number of hydrogen-bond donors (Lipinski definition) is 0. The number of rotatable bonds is 2. The molecule has 0 fully saturated rings. The highest BCUT2D eigenvalue weighted by molar-refractivity contribution is 8.16. The maximum Gasteiger partial charge on any atom is 0.338 e. The second-order valence-electron chi connectivity index (χ2n) is 4.95. The predicted molar refractivity (Wildman–Crippen MR) is 84.5 cm³/mol. The Kier molecular flexibility index (Phi) is 3.59. The smallest absolute Gasteiger partial charge is 0.338 e. The van der Waals surface area contributed by atoms with Crippen molar-refractivity contribution >= 4 is 22.9 Å². The summed E-state index contributed by atoms with van der Waals surface area (Å²) in [6.07, 6.45) is 0. The number of methoxy groups -OCH3 is 1. The Balaban J connectivity index is 2.17. The van der Waals surface area contributed by atoms with Crippen LogP contribution in [0.5, 0.6) is 0 Å². The van der Waals surface area contributed by atoms with Gasteiger partial charge in [0.05, 0.1) is 24.4 Å². The molecule has 0 unspecified atom stereocenters. The van der Waals surface area contributed by atoms with E-state index in [0.717, 1.165) is 22.1 Å². The van der Waals surface area contributed by atoms with Crippen molar-refractivity contribution in [3.63, 3.8) is 0 Å². The van der Waals surface area contributed by atoms with Crippen molar-refractivity contribution in [3.05, 3.63) is 58.3 Å². The summed E-state index contributed by atoms with van der Waals surface area (Å²) in [6.45, 7) is 3.89. The van der Waals surface area contributed by atoms with Crippen LogP contribution < -0.4 is 0 Å². The molecule has 0 saturated heterocycles. The van der Waals surface area contributed by atoms with Gasteiger partial charge in [-0.1, -0.05) is 42.1 Å². The lowest BCUT2D eigenvalue weighted by atomic mass is 9.94. The molecule has 0 radical (unpaired) electrons. The highest BCUT2D eigenvalue weighted by atomic mass is 32.2. The van der Waals surface area contributed by atoms with Gasteiger partial charge in [-0.15, -0.1) is 0 Å². The van der Waals surface area contributed by atoms with Crippen LogP contribution >= 0.6 is 11.8 Å². The fourth-order valence-corrected chi connectivity index (χ4v) is 3.59. The Labute approximate surface area is 128 Å². The Bertz CT molecular complexity index is 677. The van der Waals surface area contributed by atoms with E-state index in [9.17, 15) is 4.79 Å². The molecule has 3 rings (SSSR count). The highest BCUT2D eigenvalue weighted by Gasteiger charge is 2.39. The van der Waals surface area contributed by atoms with Crippen molar-refractivity contribution in [2.75, 3.05) is 7.11 Å². The molecule has 0 amide bonds. The van der Waals surface area contributed by atoms with Crippen molar-refractivity contribution in [2.45, 2.75) is 19.9 Å². The van der Waals surface area contributed by atoms with Gasteiger partial charge in [-0.25, -0.2) is 9.79 Å². The van der Waals surface area contributed by atoms with Crippen LogP contribution in [0.4, 0.5) is 0 Å². The minimum absolute atomic E-state index is 0.183. The first-order valence-corrected chi connectivity index (χ1v) is 7.57. The first-order chi connectivity index (χ1) is 10.1. The minimum Gasteiger partial charge on any atom is -0.466 e. The molecule has 0 aliphatic carbocycles. The summed E-state index contributed by atoms with van der Waals surface area (Å²) in [5.41, 5.74) is 3.46. The molecule has 1 atom stereocenters. The maximum absolute atomic E-state index is 12.3. The molecule has 108 valence electrons. The molecule has 21 heavy (non-hydrogen) atoms. The van der Waals surface area contributed by atoms with Crippen LogP contribution in [0.25, 0.3) is 0 Å². The van der Waals surface area contributed by atoms with Gasteiger partial charge < -0.3 is 9.64 Å². The van der Waals surface area contributed by atoms with E-state index < -0.39 is 0 Å². The molecule has 0 saturated carbocycles. The first-order valence-electron chi connectivity index (χ1n) is 6.69. The van der Waals surface area contributed by atoms with E-state index >= 15 is 0 Å². The first kappa shape index (κ1) is 13.9. The molecular formula is C16H16N2O2S. The lowest BCUT2D eigenvalue weighted by Gasteiger charge is -2.35. The Morgan fingerprint density at radius 3 is 2.67 bits per heavy atom. The average molecular weight is 300 g/mol. The summed E-state index contributed by atoms with van der Waals surface area (Å²) in [5, 5.41) is 2.97. The van der Waals surface area contributed by atoms with Gasteiger partial charge in [0.25, 0.3) is 0 Å². The number of hydrogen-bond acceptors (Lipinski definition) is 5. The van der Waals surface area contributed by atoms with E-state index in [4.69, 9.17) is 4.74 Å². The summed E-state index contributed by atoms with van der Waals surface area (Å²) in [4.78, 5) is 18.9. The maximum atomic E-state index is 12.3. The quantitative estimate of drug-likeness (QED) is 0.785. The van der Waals surface area contributed by atoms with E-state index in [1.165, 1.54) is 7.11 Å². The summed E-state index contributed by atoms with van der Waals surface area (Å²) in [6, 6.07) is 9.80. The monoisotopic (exact) mass is 300 g/mol. The Morgan fingerprint density at radius 2 is 2.00 bits per heavy atom. The van der Waals surface area contributed by atoms with Gasteiger partial charge in [0.2, 0.25) is 0 Å². The third-order valence-corrected chi connectivity index (χ3v) is 4.58. The molecule has 2 heterocycles. The van der Waals surface area contributed by atoms with Gasteiger partial charge in [0, 0.05) is 5.70 Å². The number of fused-ring (bicyclic) bond motifs is 1. The number of amidine groups is 1. The highest BCUT2D eigenvalue weighted by Crippen LogP contribution is 2.43. The number of thioether (sulfide) groups is 1. The molecule has 1 aromatic carbocycles. The van der Waals surface area contributed by atoms with E-state index in [2.05, 4.69) is 15.3 Å². The number of ether oxygens (including phenoxy) is 1. The lowest BCUT2D eigenvalue weighted by Crippen LogP contribution is -2.35. The van der Waals surface area contributed by atoms with Crippen molar-refractivity contribution in [2.24, 2.45) is 4.99 Å². The summed E-state index contributed by atoms with van der Waals surface area (Å²) >= 11 is 1.59. The lowest BCUT2D eigenvalue weighted by molar-refractivity contribution is -0.136. The Hall–Kier alpha value is -2.01. The second kappa shape index (κ2) is 5.41. The van der Waals surface area contributed by atoms with Crippen molar-refractivity contribution in [1.82, 2.24) is 4.90 Å². The van der Waals surface area contributed by atoms with Crippen LogP contribution in [-0.2, 0) is 9.53 Å². The number of carbonyl (C=O) groups is 1. The molecule has 5 heteroatoms. The summed E-state index contributed by atoms with van der Waals surface area (Å²) < 4.78 is 4.98. The largest absolute Gasteiger partial charge is 0.466 e. The van der Waals surface area contributed by atoms with Gasteiger partial charge in [0.1, 0.15) is 0 Å². The molecule has 2 aliphatic heterocycles. The normalized spacial score (nSPS) is 20.9. The van der Waals surface area contributed by atoms with Gasteiger partial charge >= 0.3 is 5.97 Å². The van der Waals surface area contributed by atoms with Crippen LogP contribution in [0.1, 0.15) is 25.5 Å². The molecule has 0 spiro atoms. The van der Waals surface area contributed by atoms with E-state index in [-0.39, 0.29) is 12.0 Å². The van der Waals surface area contributed by atoms with Gasteiger partial charge in [0.15, 0.2) is 5.17 Å². The molecule has 0 bridgehead atoms. The third-order valence-electron chi connectivity index (χ3n) is 3.63. The standard InChI is InChI=1S/C16H16N2O2S/c1-10-9-21-16-17-11(2)13(15(19)20-3)14(18(10)16)12-7-5-4-6-8-12/h4-9,14H,1-3H3/t14-/m0/s1. The van der Waals surface area contributed by atoms with Crippen molar-refractivity contribution in [1.29, 1.82) is 0 Å². The van der Waals surface area contributed by atoms with Crippen LogP contribution in [0.3, 0.4) is 0 Å². The summed E-state index contributed by atoms with van der Waals surface area (Å²) in [5.74, 6) is -0.325. The van der Waals surface area contributed by atoms with E-state index in [1.54, 1.807) is 11.8 Å². The molecule has 0 aromatic heterocycles. The number of aliphatic imine (C=N–C) groups is 1. The van der Waals surface area contributed by atoms with Crippen LogP contribution in [-0.4, -0.2) is 23.1 Å². The third kappa shape index (κ3) is 2.27. The minimum atomic E-state index is -0.325. The fraction of sp³-hybridized carbons (Fsp3) is 0.250. The predicted octanol–water partition coefficient (Wildman–Crippen LogP) is 3.45. The van der Waals surface area contributed by atoms with Gasteiger partial charge in [-0.05, 0) is 24.8 Å². The average Bonchev–Trinajstić information content (AvgIpc) is 2.87. The summed E-state index contributed by atoms with van der Waals surface area (Å²) in [7, 11) is 1.41. The number of allylic oxidation sites excluding steroid dienone is 2. The van der Waals surface area contributed by atoms with E-state index in [0.29, 0.717) is 5.57 Å². The number of carbonyl (C=O) groups excluding carboxylic acids is 1. The number of esters is 1. The second-order valence-corrected chi connectivity index (χ2v) is 5.78. The van der Waals surface area contributed by atoms with Crippen LogP contribution in [0.15, 0.2) is 57.7 Å². The Morgan fingerprint density at radius 1 is 1.29 bits per heavy atom. The van der Waals surface area contributed by atoms with E-state index in [1.807, 2.05) is 44.2 Å². The number of benzene rings is 1. The zero-order chi connectivity index (χ0) is 15.0. The zero-order valence-electron chi connectivity index (χ0n) is 12.2. The molecule has 2 aliphatic rings. The topological polar surface area (TPSA) is 41.9 Å². The van der Waals surface area contributed by atoms with Crippen LogP contribution in [0, 0.1) is 0 Å². The molecule has 1 aromatic rings. The SMILES string of the molecule is COC(=O)C1=C(C)N=C2SC=C(C)N2[C@H]1c1ccccc1. The zero-order valence-corrected chi connectivity index (χ0v) is 13.0. The van der Waals surface area contributed by atoms with Crippen molar-refractivity contribution < 1.29 is 9.53 Å². The van der Waals surface area contributed by atoms with Gasteiger partial charge in [-0.2, -0.15) is 0 Å². The number of nitrogens with zero attached hydrogens (tertiary/aromatic N) is 2. The molecular weight excluding hydrogens is 284 g/mol. The molecule has 4 nitrogen and oxygen atoms in total. The van der Waals surface area contributed by atoms with Gasteiger partial charge in [-0.3, -0.25) is 0 Å². The molecule has 0 N–H and O–H groups in total. The van der Waals surface area contributed by atoms with Crippen molar-refractivity contribution in [3.8, 4) is 0 Å². The van der Waals surface area contributed by atoms with Crippen LogP contribution in [0.2, 0.25) is 0 Å².